The van der Waals surface area contributed by atoms with E-state index < -0.39 is 9.28 Å². The van der Waals surface area contributed by atoms with Gasteiger partial charge in [0.2, 0.25) is 0 Å². The molecule has 0 fully saturated rings. The van der Waals surface area contributed by atoms with E-state index in [0.717, 1.165) is 0 Å². The molecule has 0 aromatic carbocycles. The van der Waals surface area contributed by atoms with E-state index in [0.29, 0.717) is 5.54 Å². The van der Waals surface area contributed by atoms with Gasteiger partial charge in [0, 0.05) is 14.2 Å². The summed E-state index contributed by atoms with van der Waals surface area (Å²) in [5.74, 6) is 0. The van der Waals surface area contributed by atoms with Crippen molar-refractivity contribution in [1.82, 2.24) is 0 Å². The Morgan fingerprint density at radius 1 is 0.722 bits per heavy atom. The molecule has 0 saturated carbocycles. The summed E-state index contributed by atoms with van der Waals surface area (Å²) in [6.45, 7) is 4.54. The van der Waals surface area contributed by atoms with E-state index in [-0.39, 0.29) is 0 Å². The van der Waals surface area contributed by atoms with Crippen molar-refractivity contribution in [3.05, 3.63) is 0 Å². The van der Waals surface area contributed by atoms with Gasteiger partial charge in [-0.1, -0.05) is 65.2 Å². The molecule has 0 unspecified atom stereocenters. The Bertz CT molecular complexity index is 149. The first-order chi connectivity index (χ1) is 8.79. The van der Waals surface area contributed by atoms with Crippen LogP contribution in [0.5, 0.6) is 0 Å². The lowest BCUT2D eigenvalue weighted by Crippen LogP contribution is -2.26. The fourth-order valence-corrected chi connectivity index (χ4v) is 4.54. The predicted octanol–water partition coefficient (Wildman–Crippen LogP) is 4.81. The van der Waals surface area contributed by atoms with Gasteiger partial charge >= 0.3 is 9.28 Å². The molecule has 0 saturated heterocycles. The van der Waals surface area contributed by atoms with Gasteiger partial charge in [0.15, 0.2) is 0 Å². The van der Waals surface area contributed by atoms with Gasteiger partial charge in [-0.05, 0) is 18.4 Å². The second kappa shape index (κ2) is 13.6. The molecule has 0 aliphatic rings. The Labute approximate surface area is 116 Å². The normalized spacial score (nSPS) is 11.7. The maximum absolute atomic E-state index is 5.59. The fourth-order valence-electron chi connectivity index (χ4n) is 2.56. The average molecular weight is 275 g/mol. The van der Waals surface area contributed by atoms with Crippen LogP contribution in [-0.2, 0) is 8.85 Å². The Balaban J connectivity index is 3.91. The molecule has 18 heavy (non-hydrogen) atoms. The molecule has 0 aliphatic carbocycles. The number of hydrogen-bond acceptors (Lipinski definition) is 2. The van der Waals surface area contributed by atoms with Crippen LogP contribution in [0.15, 0.2) is 0 Å². The van der Waals surface area contributed by atoms with Crippen LogP contribution in [0.1, 0.15) is 78.1 Å². The van der Waals surface area contributed by atoms with Crippen molar-refractivity contribution in [1.29, 1.82) is 0 Å². The molecule has 0 spiro atoms. The van der Waals surface area contributed by atoms with E-state index in [1.54, 1.807) is 0 Å². The van der Waals surface area contributed by atoms with E-state index in [9.17, 15) is 0 Å². The van der Waals surface area contributed by atoms with Gasteiger partial charge < -0.3 is 8.85 Å². The minimum atomic E-state index is -1.41. The molecular weight excluding hydrogens is 240 g/mol. The molecule has 0 N–H and O–H groups in total. The first-order valence-electron chi connectivity index (χ1n) is 7.85. The fraction of sp³-hybridized carbons (Fsp3) is 1.00. The van der Waals surface area contributed by atoms with E-state index in [2.05, 4.69) is 13.8 Å². The van der Waals surface area contributed by atoms with Crippen LogP contribution in [0.25, 0.3) is 0 Å². The highest BCUT2D eigenvalue weighted by molar-refractivity contribution is 6.46. The lowest BCUT2D eigenvalue weighted by molar-refractivity contribution is 0.257. The van der Waals surface area contributed by atoms with Gasteiger partial charge in [-0.25, -0.2) is 0 Å². The zero-order chi connectivity index (χ0) is 13.6. The molecule has 0 bridgehead atoms. The van der Waals surface area contributed by atoms with Crippen molar-refractivity contribution in [2.24, 2.45) is 0 Å². The van der Waals surface area contributed by atoms with Crippen molar-refractivity contribution in [2.45, 2.75) is 83.6 Å². The number of hydrogen-bond donors (Lipinski definition) is 0. The van der Waals surface area contributed by atoms with Gasteiger partial charge in [0.1, 0.15) is 0 Å². The number of unbranched alkanes of at least 4 members (excludes halogenated alkanes) is 6. The van der Waals surface area contributed by atoms with Gasteiger partial charge in [-0.3, -0.25) is 0 Å². The molecule has 2 nitrogen and oxygen atoms in total. The summed E-state index contributed by atoms with van der Waals surface area (Å²) in [4.78, 5) is 0. The minimum absolute atomic E-state index is 0.716. The van der Waals surface area contributed by atoms with Crippen LogP contribution in [0.2, 0.25) is 5.54 Å². The van der Waals surface area contributed by atoms with Crippen molar-refractivity contribution in [3.63, 3.8) is 0 Å². The quantitative estimate of drug-likeness (QED) is 0.354. The Morgan fingerprint density at radius 3 is 1.50 bits per heavy atom. The summed E-state index contributed by atoms with van der Waals surface area (Å²) in [6.07, 6.45) is 13.4. The molecule has 0 aromatic heterocycles. The Hall–Kier alpha value is 0.137. The molecule has 0 heterocycles. The summed E-state index contributed by atoms with van der Waals surface area (Å²) in [7, 11) is 2.24. The first-order valence-corrected chi connectivity index (χ1v) is 9.46. The molecule has 0 rings (SSSR count). The van der Waals surface area contributed by atoms with Crippen LogP contribution in [0.4, 0.5) is 0 Å². The lowest BCUT2D eigenvalue weighted by atomic mass is 10.1. The molecule has 0 radical (unpaired) electrons. The van der Waals surface area contributed by atoms with Crippen molar-refractivity contribution in [3.8, 4) is 0 Å². The SMILES string of the molecule is CCCCCCC(CCCCCC)[SiH](OC)OC. The Morgan fingerprint density at radius 2 is 1.17 bits per heavy atom. The topological polar surface area (TPSA) is 18.5 Å². The van der Waals surface area contributed by atoms with E-state index in [4.69, 9.17) is 8.85 Å². The molecule has 0 amide bonds. The smallest absolute Gasteiger partial charge is 0.324 e. The maximum Gasteiger partial charge on any atom is 0.324 e. The average Bonchev–Trinajstić information content (AvgIpc) is 2.40. The van der Waals surface area contributed by atoms with Crippen LogP contribution < -0.4 is 0 Å². The second-order valence-corrected chi connectivity index (χ2v) is 7.92. The third-order valence-corrected chi connectivity index (χ3v) is 6.07. The molecule has 110 valence electrons. The van der Waals surface area contributed by atoms with Crippen LogP contribution in [0.3, 0.4) is 0 Å². The zero-order valence-corrected chi connectivity index (χ0v) is 14.2. The van der Waals surface area contributed by atoms with Gasteiger partial charge in [-0.15, -0.1) is 0 Å². The molecule has 0 atom stereocenters. The molecule has 3 heteroatoms. The summed E-state index contributed by atoms with van der Waals surface area (Å²) in [6, 6.07) is 0. The van der Waals surface area contributed by atoms with E-state index in [1.165, 1.54) is 64.2 Å². The van der Waals surface area contributed by atoms with Gasteiger partial charge in [0.25, 0.3) is 0 Å². The molecular formula is C15H34O2Si. The van der Waals surface area contributed by atoms with Crippen molar-refractivity contribution in [2.75, 3.05) is 14.2 Å². The first kappa shape index (κ1) is 18.1. The summed E-state index contributed by atoms with van der Waals surface area (Å²) >= 11 is 0. The van der Waals surface area contributed by atoms with Crippen LogP contribution in [0, 0.1) is 0 Å². The monoisotopic (exact) mass is 274 g/mol. The number of rotatable bonds is 13. The van der Waals surface area contributed by atoms with E-state index >= 15 is 0 Å². The molecule has 0 aromatic rings. The highest BCUT2D eigenvalue weighted by atomic mass is 28.3. The van der Waals surface area contributed by atoms with E-state index in [1.807, 2.05) is 14.2 Å². The van der Waals surface area contributed by atoms with Gasteiger partial charge in [-0.2, -0.15) is 0 Å². The van der Waals surface area contributed by atoms with Crippen molar-refractivity contribution < 1.29 is 8.85 Å². The lowest BCUT2D eigenvalue weighted by Gasteiger charge is -2.22. The Kier molecular flexibility index (Phi) is 13.7. The summed E-state index contributed by atoms with van der Waals surface area (Å²) in [5, 5.41) is 0. The summed E-state index contributed by atoms with van der Waals surface area (Å²) < 4.78 is 11.2. The third kappa shape index (κ3) is 9.12. The largest absolute Gasteiger partial charge is 0.400 e. The van der Waals surface area contributed by atoms with Gasteiger partial charge in [0.05, 0.1) is 0 Å². The van der Waals surface area contributed by atoms with Crippen molar-refractivity contribution >= 4 is 9.28 Å². The highest BCUT2D eigenvalue weighted by Crippen LogP contribution is 2.27. The van der Waals surface area contributed by atoms with Crippen LogP contribution in [-0.4, -0.2) is 23.5 Å². The van der Waals surface area contributed by atoms with Crippen LogP contribution >= 0.6 is 0 Å². The zero-order valence-electron chi connectivity index (χ0n) is 13.0. The standard InChI is InChI=1S/C15H34O2Si/c1-5-7-9-11-13-15(18(16-3)17-4)14-12-10-8-6-2/h15,18H,5-14H2,1-4H3. The molecule has 0 aliphatic heterocycles. The summed E-state index contributed by atoms with van der Waals surface area (Å²) in [5.41, 5.74) is 0.716. The minimum Gasteiger partial charge on any atom is -0.400 e. The third-order valence-electron chi connectivity index (χ3n) is 3.71. The highest BCUT2D eigenvalue weighted by Gasteiger charge is 2.23. The second-order valence-electron chi connectivity index (χ2n) is 5.30. The predicted molar refractivity (Wildman–Crippen MR) is 82.4 cm³/mol. The maximum atomic E-state index is 5.59.